The van der Waals surface area contributed by atoms with Crippen LogP contribution in [0.2, 0.25) is 0 Å². The summed E-state index contributed by atoms with van der Waals surface area (Å²) in [5, 5.41) is 0.342. The van der Waals surface area contributed by atoms with Gasteiger partial charge in [-0.05, 0) is 43.3 Å². The lowest BCUT2D eigenvalue weighted by Gasteiger charge is -2.35. The van der Waals surface area contributed by atoms with Gasteiger partial charge in [0, 0.05) is 33.1 Å². The number of amides is 2. The van der Waals surface area contributed by atoms with E-state index in [1.165, 1.54) is 18.6 Å². The molecule has 9 nitrogen and oxygen atoms in total. The van der Waals surface area contributed by atoms with Crippen LogP contribution in [0.25, 0.3) is 16.6 Å². The lowest BCUT2D eigenvalue weighted by atomic mass is 10.2. The predicted molar refractivity (Wildman–Crippen MR) is 124 cm³/mol. The second-order valence-electron chi connectivity index (χ2n) is 8.02. The zero-order valence-corrected chi connectivity index (χ0v) is 18.9. The van der Waals surface area contributed by atoms with Crippen molar-refractivity contribution < 1.29 is 14.3 Å². The summed E-state index contributed by atoms with van der Waals surface area (Å²) in [7, 11) is 1.54. The van der Waals surface area contributed by atoms with E-state index in [1.54, 1.807) is 65.3 Å². The third-order valence-electron chi connectivity index (χ3n) is 6.11. The number of para-hydroxylation sites is 1. The van der Waals surface area contributed by atoms with Crippen molar-refractivity contribution in [3.63, 3.8) is 0 Å². The van der Waals surface area contributed by atoms with E-state index < -0.39 is 17.3 Å². The second kappa shape index (κ2) is 8.93. The molecule has 0 aliphatic carbocycles. The van der Waals surface area contributed by atoms with Crippen molar-refractivity contribution in [3.8, 4) is 11.4 Å². The minimum absolute atomic E-state index is 0.0241. The Hall–Kier alpha value is -3.88. The van der Waals surface area contributed by atoms with E-state index in [4.69, 9.17) is 4.74 Å². The third-order valence-corrected chi connectivity index (χ3v) is 6.11. The average molecular weight is 450 g/mol. The molecule has 2 amide bonds. The van der Waals surface area contributed by atoms with Gasteiger partial charge in [-0.25, -0.2) is 9.36 Å². The Morgan fingerprint density at radius 1 is 0.909 bits per heavy atom. The van der Waals surface area contributed by atoms with E-state index in [-0.39, 0.29) is 11.8 Å². The van der Waals surface area contributed by atoms with Gasteiger partial charge in [-0.1, -0.05) is 12.1 Å². The summed E-state index contributed by atoms with van der Waals surface area (Å²) in [5.41, 5.74) is -0.251. The molecule has 3 aromatic rings. The van der Waals surface area contributed by atoms with Crippen molar-refractivity contribution in [1.82, 2.24) is 18.9 Å². The number of piperazine rings is 1. The summed E-state index contributed by atoms with van der Waals surface area (Å²) in [5.74, 6) is 0.343. The van der Waals surface area contributed by atoms with E-state index in [2.05, 4.69) is 0 Å². The summed E-state index contributed by atoms with van der Waals surface area (Å²) in [6.07, 6.45) is 0. The van der Waals surface area contributed by atoms with Crippen LogP contribution in [0.4, 0.5) is 0 Å². The maximum Gasteiger partial charge on any atom is 0.336 e. The molecule has 2 heterocycles. The lowest BCUT2D eigenvalue weighted by molar-refractivity contribution is -0.140. The number of carbonyl (C=O) groups is 2. The summed E-state index contributed by atoms with van der Waals surface area (Å²) in [4.78, 5) is 55.1. The molecule has 33 heavy (non-hydrogen) atoms. The van der Waals surface area contributed by atoms with Gasteiger partial charge >= 0.3 is 5.69 Å². The van der Waals surface area contributed by atoms with Crippen LogP contribution < -0.4 is 16.0 Å². The minimum atomic E-state index is -0.837. The van der Waals surface area contributed by atoms with Crippen LogP contribution in [0.1, 0.15) is 19.9 Å². The third kappa shape index (κ3) is 4.02. The Bertz CT molecular complexity index is 1320. The largest absolute Gasteiger partial charge is 0.497 e. The number of hydrogen-bond donors (Lipinski definition) is 0. The lowest BCUT2D eigenvalue weighted by Crippen LogP contribution is -2.52. The molecule has 0 N–H and O–H groups in total. The summed E-state index contributed by atoms with van der Waals surface area (Å²) < 4.78 is 7.63. The minimum Gasteiger partial charge on any atom is -0.497 e. The average Bonchev–Trinajstić information content (AvgIpc) is 2.84. The fourth-order valence-electron chi connectivity index (χ4n) is 4.23. The fraction of sp³-hybridized carbons (Fsp3) is 0.333. The molecule has 4 rings (SSSR count). The van der Waals surface area contributed by atoms with Crippen LogP contribution in [0.3, 0.4) is 0 Å². The van der Waals surface area contributed by atoms with Gasteiger partial charge in [0.05, 0.1) is 23.7 Å². The van der Waals surface area contributed by atoms with Gasteiger partial charge < -0.3 is 14.5 Å². The van der Waals surface area contributed by atoms with Crippen LogP contribution >= 0.6 is 0 Å². The van der Waals surface area contributed by atoms with Gasteiger partial charge in [0.25, 0.3) is 5.56 Å². The van der Waals surface area contributed by atoms with Crippen LogP contribution in [0, 0.1) is 0 Å². The molecule has 9 heteroatoms. The van der Waals surface area contributed by atoms with Crippen LogP contribution in [-0.4, -0.2) is 64.0 Å². The monoisotopic (exact) mass is 450 g/mol. The normalized spacial score (nSPS) is 14.9. The van der Waals surface area contributed by atoms with E-state index in [1.807, 2.05) is 0 Å². The quantitative estimate of drug-likeness (QED) is 0.599. The summed E-state index contributed by atoms with van der Waals surface area (Å²) >= 11 is 0. The van der Waals surface area contributed by atoms with E-state index in [0.29, 0.717) is 48.5 Å². The highest BCUT2D eigenvalue weighted by Crippen LogP contribution is 2.19. The fourth-order valence-corrected chi connectivity index (χ4v) is 4.23. The Kier molecular flexibility index (Phi) is 6.04. The smallest absolute Gasteiger partial charge is 0.336 e. The number of benzene rings is 2. The van der Waals surface area contributed by atoms with Gasteiger partial charge in [-0.15, -0.1) is 0 Å². The Morgan fingerprint density at radius 3 is 2.12 bits per heavy atom. The number of hydrogen-bond acceptors (Lipinski definition) is 5. The second-order valence-corrected chi connectivity index (χ2v) is 8.02. The molecule has 1 aliphatic rings. The number of nitrogens with zero attached hydrogens (tertiary/aromatic N) is 4. The first-order valence-electron chi connectivity index (χ1n) is 10.8. The van der Waals surface area contributed by atoms with Crippen LogP contribution in [0.5, 0.6) is 5.75 Å². The number of aromatic nitrogens is 2. The molecule has 0 saturated carbocycles. The Labute approximate surface area is 190 Å². The molecule has 0 spiro atoms. The van der Waals surface area contributed by atoms with E-state index >= 15 is 0 Å². The first-order valence-corrected chi connectivity index (χ1v) is 10.8. The SMILES string of the molecule is COc1ccc(-n2c(=O)c3ccccc3n(C(C)C(=O)N3CCN(C(C)=O)CC3)c2=O)cc1. The van der Waals surface area contributed by atoms with Gasteiger partial charge in [-0.3, -0.25) is 19.0 Å². The molecule has 172 valence electrons. The zero-order valence-electron chi connectivity index (χ0n) is 18.9. The number of methoxy groups -OCH3 is 1. The van der Waals surface area contributed by atoms with Gasteiger partial charge in [0.2, 0.25) is 11.8 Å². The molecule has 2 aromatic carbocycles. The van der Waals surface area contributed by atoms with Crippen LogP contribution in [-0.2, 0) is 9.59 Å². The highest BCUT2D eigenvalue weighted by molar-refractivity contribution is 5.85. The molecule has 1 saturated heterocycles. The molecule has 1 aromatic heterocycles. The van der Waals surface area contributed by atoms with Crippen molar-refractivity contribution in [3.05, 3.63) is 69.4 Å². The van der Waals surface area contributed by atoms with Gasteiger partial charge in [-0.2, -0.15) is 0 Å². The molecule has 1 unspecified atom stereocenters. The number of fused-ring (bicyclic) bond motifs is 1. The highest BCUT2D eigenvalue weighted by Gasteiger charge is 2.29. The highest BCUT2D eigenvalue weighted by atomic mass is 16.5. The van der Waals surface area contributed by atoms with Crippen molar-refractivity contribution >= 4 is 22.7 Å². The number of ether oxygens (including phenoxy) is 1. The van der Waals surface area contributed by atoms with Crippen molar-refractivity contribution in [2.45, 2.75) is 19.9 Å². The van der Waals surface area contributed by atoms with Gasteiger partial charge in [0.1, 0.15) is 11.8 Å². The molecule has 0 bridgehead atoms. The predicted octanol–water partition coefficient (Wildman–Crippen LogP) is 1.41. The van der Waals surface area contributed by atoms with Crippen molar-refractivity contribution in [2.24, 2.45) is 0 Å². The first-order chi connectivity index (χ1) is 15.8. The molecular weight excluding hydrogens is 424 g/mol. The molecule has 1 atom stereocenters. The summed E-state index contributed by atoms with van der Waals surface area (Å²) in [6, 6.07) is 12.6. The Morgan fingerprint density at radius 2 is 1.52 bits per heavy atom. The standard InChI is InChI=1S/C24H26N4O5/c1-16(22(30)26-14-12-25(13-15-26)17(2)29)27-21-7-5-4-6-20(21)23(31)28(24(27)32)18-8-10-19(33-3)11-9-18/h4-11,16H,12-15H2,1-3H3. The molecule has 0 radical (unpaired) electrons. The first kappa shape index (κ1) is 22.3. The topological polar surface area (TPSA) is 93.8 Å². The Balaban J connectivity index is 1.80. The molecular formula is C24H26N4O5. The summed E-state index contributed by atoms with van der Waals surface area (Å²) in [6.45, 7) is 4.87. The number of carbonyl (C=O) groups excluding carboxylic acids is 2. The molecule has 1 aliphatic heterocycles. The van der Waals surface area contributed by atoms with E-state index in [9.17, 15) is 19.2 Å². The van der Waals surface area contributed by atoms with Gasteiger partial charge in [0.15, 0.2) is 0 Å². The van der Waals surface area contributed by atoms with E-state index in [0.717, 1.165) is 4.57 Å². The van der Waals surface area contributed by atoms with Crippen LogP contribution in [0.15, 0.2) is 58.1 Å². The van der Waals surface area contributed by atoms with Crippen molar-refractivity contribution in [2.75, 3.05) is 33.3 Å². The maximum atomic E-state index is 13.6. The molecule has 1 fully saturated rings. The zero-order chi connectivity index (χ0) is 23.7. The van der Waals surface area contributed by atoms with Crippen molar-refractivity contribution in [1.29, 1.82) is 0 Å². The number of rotatable bonds is 4. The maximum absolute atomic E-state index is 13.6.